The van der Waals surface area contributed by atoms with E-state index in [0.717, 1.165) is 33.9 Å². The first-order chi connectivity index (χ1) is 14.3. The van der Waals surface area contributed by atoms with Crippen molar-refractivity contribution in [2.24, 2.45) is 0 Å². The smallest absolute Gasteiger partial charge is 0.270 e. The van der Waals surface area contributed by atoms with Crippen molar-refractivity contribution in [3.63, 3.8) is 0 Å². The number of rotatable bonds is 3. The number of nitrogens with zero attached hydrogens (tertiary/aromatic N) is 2. The molecule has 152 valence electrons. The summed E-state index contributed by atoms with van der Waals surface area (Å²) in [5, 5.41) is 0.705. The monoisotopic (exact) mass is 452 g/mol. The van der Waals surface area contributed by atoms with Gasteiger partial charge in [0.05, 0.1) is 10.6 Å². The maximum Gasteiger partial charge on any atom is 0.270 e. The number of aromatic nitrogens is 1. The summed E-state index contributed by atoms with van der Waals surface area (Å²) in [6, 6.07) is 15.8. The number of carbonyl (C=O) groups excluding carboxylic acids is 1. The Morgan fingerprint density at radius 2 is 1.60 bits per heavy atom. The number of thioether (sulfide) groups is 1. The van der Waals surface area contributed by atoms with E-state index in [9.17, 15) is 4.79 Å². The van der Waals surface area contributed by atoms with Crippen LogP contribution in [0.3, 0.4) is 0 Å². The molecule has 2 aromatic carbocycles. The van der Waals surface area contributed by atoms with E-state index in [0.29, 0.717) is 14.2 Å². The third kappa shape index (κ3) is 3.73. The fraction of sp³-hybridized carbons (Fsp3) is 0.167. The molecule has 0 spiro atoms. The maximum atomic E-state index is 13.2. The molecule has 1 fully saturated rings. The second kappa shape index (κ2) is 8.06. The Balaban J connectivity index is 1.70. The molecular weight excluding hydrogens is 432 g/mol. The Morgan fingerprint density at radius 1 is 0.933 bits per heavy atom. The molecule has 0 aliphatic carbocycles. The first kappa shape index (κ1) is 20.9. The summed E-state index contributed by atoms with van der Waals surface area (Å²) in [5.74, 6) is -0.0791. The van der Waals surface area contributed by atoms with Crippen LogP contribution in [0.5, 0.6) is 0 Å². The van der Waals surface area contributed by atoms with E-state index in [4.69, 9.17) is 23.8 Å². The summed E-state index contributed by atoms with van der Waals surface area (Å²) in [4.78, 5) is 15.4. The number of hydrogen-bond donors (Lipinski definition) is 0. The Kier molecular flexibility index (Phi) is 5.62. The quantitative estimate of drug-likeness (QED) is 0.324. The molecule has 1 aliphatic rings. The minimum absolute atomic E-state index is 0.0791. The zero-order valence-corrected chi connectivity index (χ0v) is 19.6. The van der Waals surface area contributed by atoms with E-state index in [2.05, 4.69) is 31.4 Å². The van der Waals surface area contributed by atoms with Gasteiger partial charge in [0.1, 0.15) is 0 Å². The van der Waals surface area contributed by atoms with Gasteiger partial charge in [-0.25, -0.2) is 0 Å². The first-order valence-corrected chi connectivity index (χ1v) is 11.2. The lowest BCUT2D eigenvalue weighted by molar-refractivity contribution is -0.113. The molecule has 1 amide bonds. The third-order valence-electron chi connectivity index (χ3n) is 5.38. The van der Waals surface area contributed by atoms with Crippen LogP contribution < -0.4 is 4.90 Å². The molecule has 30 heavy (non-hydrogen) atoms. The lowest BCUT2D eigenvalue weighted by Crippen LogP contribution is -2.27. The van der Waals surface area contributed by atoms with Crippen LogP contribution in [0.25, 0.3) is 11.8 Å². The molecule has 0 unspecified atom stereocenters. The topological polar surface area (TPSA) is 25.2 Å². The van der Waals surface area contributed by atoms with E-state index in [1.807, 2.05) is 55.5 Å². The van der Waals surface area contributed by atoms with Gasteiger partial charge < -0.3 is 4.57 Å². The number of amides is 1. The van der Waals surface area contributed by atoms with Crippen LogP contribution in [-0.2, 0) is 4.79 Å². The van der Waals surface area contributed by atoms with Crippen LogP contribution in [0, 0.1) is 27.7 Å². The molecule has 3 nitrogen and oxygen atoms in total. The lowest BCUT2D eigenvalue weighted by atomic mass is 10.1. The SMILES string of the molecule is Cc1ccc(N2C(=O)/C(=C\c3cc(C)n(-c4ccc(Cl)cc4)c3C)SC2=S)cc1C. The molecule has 0 radical (unpaired) electrons. The summed E-state index contributed by atoms with van der Waals surface area (Å²) >= 11 is 12.9. The number of thiocarbonyl (C=S) groups is 1. The third-order valence-corrected chi connectivity index (χ3v) is 6.94. The van der Waals surface area contributed by atoms with Gasteiger partial charge in [-0.2, -0.15) is 0 Å². The predicted molar refractivity (Wildman–Crippen MR) is 132 cm³/mol. The molecule has 2 heterocycles. The Bertz CT molecular complexity index is 1210. The second-order valence-corrected chi connectivity index (χ2v) is 9.54. The maximum absolute atomic E-state index is 13.2. The van der Waals surface area contributed by atoms with Crippen LogP contribution in [0.4, 0.5) is 5.69 Å². The van der Waals surface area contributed by atoms with Gasteiger partial charge in [-0.1, -0.05) is 41.6 Å². The lowest BCUT2D eigenvalue weighted by Gasteiger charge is -2.15. The minimum atomic E-state index is -0.0791. The highest BCUT2D eigenvalue weighted by molar-refractivity contribution is 8.27. The molecule has 1 saturated heterocycles. The van der Waals surface area contributed by atoms with Crippen molar-refractivity contribution in [3.8, 4) is 5.69 Å². The molecule has 0 N–H and O–H groups in total. The normalized spacial score (nSPS) is 15.5. The molecule has 0 saturated carbocycles. The molecule has 1 aliphatic heterocycles. The standard InChI is InChI=1S/C24H21ClN2OS2/c1-14-5-8-21(11-15(14)2)27-23(28)22(30-24(27)29)13-18-12-16(3)26(17(18)4)20-9-6-19(25)7-10-20/h5-13H,1-4H3/b22-13+. The second-order valence-electron chi connectivity index (χ2n) is 7.42. The van der Waals surface area contributed by atoms with Crippen molar-refractivity contribution in [2.45, 2.75) is 27.7 Å². The van der Waals surface area contributed by atoms with Gasteiger partial charge in [-0.15, -0.1) is 0 Å². The van der Waals surface area contributed by atoms with Crippen LogP contribution in [0.15, 0.2) is 53.4 Å². The average molecular weight is 453 g/mol. The highest BCUT2D eigenvalue weighted by atomic mass is 35.5. The first-order valence-electron chi connectivity index (χ1n) is 9.56. The summed E-state index contributed by atoms with van der Waals surface area (Å²) in [6.07, 6.45) is 1.94. The number of hydrogen-bond acceptors (Lipinski definition) is 3. The average Bonchev–Trinajstić information content (AvgIpc) is 3.13. The van der Waals surface area contributed by atoms with Gasteiger partial charge in [0.2, 0.25) is 0 Å². The number of halogens is 1. The van der Waals surface area contributed by atoms with Gasteiger partial charge in [-0.05, 0) is 92.9 Å². The van der Waals surface area contributed by atoms with Gasteiger partial charge in [-0.3, -0.25) is 9.69 Å². The zero-order valence-electron chi connectivity index (χ0n) is 17.2. The highest BCUT2D eigenvalue weighted by Crippen LogP contribution is 2.37. The number of carbonyl (C=O) groups is 1. The molecule has 3 aromatic rings. The van der Waals surface area contributed by atoms with Crippen LogP contribution >= 0.6 is 35.6 Å². The van der Waals surface area contributed by atoms with Crippen LogP contribution in [0.2, 0.25) is 5.02 Å². The number of benzene rings is 2. The van der Waals surface area contributed by atoms with Gasteiger partial charge in [0, 0.05) is 22.1 Å². The largest absolute Gasteiger partial charge is 0.318 e. The van der Waals surface area contributed by atoms with Crippen LogP contribution in [-0.4, -0.2) is 14.8 Å². The Morgan fingerprint density at radius 3 is 2.27 bits per heavy atom. The van der Waals surface area contributed by atoms with E-state index >= 15 is 0 Å². The predicted octanol–water partition coefficient (Wildman–Crippen LogP) is 6.77. The summed E-state index contributed by atoms with van der Waals surface area (Å²) in [7, 11) is 0. The van der Waals surface area contributed by atoms with Crippen molar-refractivity contribution >= 4 is 57.6 Å². The van der Waals surface area contributed by atoms with Gasteiger partial charge in [0.15, 0.2) is 4.32 Å². The van der Waals surface area contributed by atoms with Crippen molar-refractivity contribution < 1.29 is 4.79 Å². The van der Waals surface area contributed by atoms with Crippen molar-refractivity contribution in [1.82, 2.24) is 4.57 Å². The fourth-order valence-electron chi connectivity index (χ4n) is 3.62. The van der Waals surface area contributed by atoms with E-state index < -0.39 is 0 Å². The Hall–Kier alpha value is -2.34. The van der Waals surface area contributed by atoms with E-state index in [-0.39, 0.29) is 5.91 Å². The van der Waals surface area contributed by atoms with Gasteiger partial charge in [0.25, 0.3) is 5.91 Å². The summed E-state index contributed by atoms with van der Waals surface area (Å²) in [5.41, 5.74) is 7.33. The van der Waals surface area contributed by atoms with Crippen molar-refractivity contribution in [1.29, 1.82) is 0 Å². The molecular formula is C24H21ClN2OS2. The molecule has 6 heteroatoms. The molecule has 0 bridgehead atoms. The highest BCUT2D eigenvalue weighted by Gasteiger charge is 2.33. The molecule has 1 aromatic heterocycles. The fourth-order valence-corrected chi connectivity index (χ4v) is 5.03. The van der Waals surface area contributed by atoms with E-state index in [1.165, 1.54) is 17.3 Å². The van der Waals surface area contributed by atoms with Crippen molar-refractivity contribution in [3.05, 3.63) is 86.5 Å². The zero-order chi connectivity index (χ0) is 21.6. The molecule has 4 rings (SSSR count). The Labute approximate surface area is 191 Å². The van der Waals surface area contributed by atoms with Crippen molar-refractivity contribution in [2.75, 3.05) is 4.90 Å². The summed E-state index contributed by atoms with van der Waals surface area (Å²) < 4.78 is 2.72. The molecule has 0 atom stereocenters. The number of anilines is 1. The van der Waals surface area contributed by atoms with Gasteiger partial charge >= 0.3 is 0 Å². The minimum Gasteiger partial charge on any atom is -0.318 e. The van der Waals surface area contributed by atoms with Crippen LogP contribution in [0.1, 0.15) is 28.1 Å². The van der Waals surface area contributed by atoms with E-state index in [1.54, 1.807) is 4.90 Å². The summed E-state index contributed by atoms with van der Waals surface area (Å²) in [6.45, 7) is 8.20. The number of aryl methyl sites for hydroxylation is 3.